The van der Waals surface area contributed by atoms with Crippen LogP contribution >= 0.6 is 39.1 Å². The van der Waals surface area contributed by atoms with Crippen molar-refractivity contribution in [2.45, 2.75) is 6.92 Å². The van der Waals surface area contributed by atoms with Crippen LogP contribution in [0.5, 0.6) is 0 Å². The second-order valence-electron chi connectivity index (χ2n) is 3.39. The van der Waals surface area contributed by atoms with E-state index in [9.17, 15) is 4.39 Å². The van der Waals surface area contributed by atoms with Crippen LogP contribution in [0.3, 0.4) is 0 Å². The lowest BCUT2D eigenvalue weighted by Gasteiger charge is -2.06. The summed E-state index contributed by atoms with van der Waals surface area (Å²) in [5.74, 6) is -0.532. The van der Waals surface area contributed by atoms with Crippen molar-refractivity contribution < 1.29 is 4.39 Å². The van der Waals surface area contributed by atoms with Crippen molar-refractivity contribution in [2.75, 3.05) is 0 Å². The number of nitrogens with zero attached hydrogens (tertiary/aromatic N) is 2. The zero-order chi connectivity index (χ0) is 12.6. The van der Waals surface area contributed by atoms with Gasteiger partial charge in [0.2, 0.25) is 5.28 Å². The van der Waals surface area contributed by atoms with E-state index in [2.05, 4.69) is 25.9 Å². The molecule has 0 N–H and O–H groups in total. The fourth-order valence-electron chi connectivity index (χ4n) is 1.39. The number of halogens is 4. The third-order valence-electron chi connectivity index (χ3n) is 2.14. The highest BCUT2D eigenvalue weighted by Crippen LogP contribution is 2.32. The average Bonchev–Trinajstić information content (AvgIpc) is 2.24. The van der Waals surface area contributed by atoms with Gasteiger partial charge in [-0.1, -0.05) is 11.6 Å². The Kier molecular flexibility index (Phi) is 3.66. The second kappa shape index (κ2) is 4.88. The van der Waals surface area contributed by atoms with Gasteiger partial charge in [-0.05, 0) is 52.7 Å². The van der Waals surface area contributed by atoms with Crippen LogP contribution in [0, 0.1) is 12.7 Å². The Labute approximate surface area is 116 Å². The highest BCUT2D eigenvalue weighted by Gasteiger charge is 2.13. The van der Waals surface area contributed by atoms with Gasteiger partial charge in [-0.2, -0.15) is 0 Å². The highest BCUT2D eigenvalue weighted by atomic mass is 79.9. The van der Waals surface area contributed by atoms with E-state index < -0.39 is 5.82 Å². The molecule has 2 rings (SSSR count). The van der Waals surface area contributed by atoms with E-state index in [-0.39, 0.29) is 10.3 Å². The molecule has 0 spiro atoms. The van der Waals surface area contributed by atoms with Gasteiger partial charge >= 0.3 is 0 Å². The quantitative estimate of drug-likeness (QED) is 0.559. The van der Waals surface area contributed by atoms with Crippen molar-refractivity contribution >= 4 is 39.1 Å². The standard InChI is InChI=1S/C11H6BrCl2FN2/c1-5-4-8(17-11(14)16-5)6-2-3-7(12)9(13)10(6)15/h2-4H,1H3. The molecule has 0 unspecified atom stereocenters. The van der Waals surface area contributed by atoms with Crippen LogP contribution in [-0.4, -0.2) is 9.97 Å². The van der Waals surface area contributed by atoms with Crippen molar-refractivity contribution in [3.8, 4) is 11.3 Å². The van der Waals surface area contributed by atoms with Crippen molar-refractivity contribution in [3.63, 3.8) is 0 Å². The predicted molar refractivity (Wildman–Crippen MR) is 69.9 cm³/mol. The summed E-state index contributed by atoms with van der Waals surface area (Å²) in [6, 6.07) is 4.89. The fourth-order valence-corrected chi connectivity index (χ4v) is 2.09. The summed E-state index contributed by atoms with van der Waals surface area (Å²) >= 11 is 14.7. The average molecular weight is 336 g/mol. The molecule has 88 valence electrons. The summed E-state index contributed by atoms with van der Waals surface area (Å²) in [5.41, 5.74) is 1.37. The van der Waals surface area contributed by atoms with Crippen molar-refractivity contribution in [1.82, 2.24) is 9.97 Å². The predicted octanol–water partition coefficient (Wildman–Crippen LogP) is 4.66. The first kappa shape index (κ1) is 12.7. The first-order valence-corrected chi connectivity index (χ1v) is 6.19. The molecule has 0 aliphatic carbocycles. The molecule has 0 aliphatic rings. The minimum absolute atomic E-state index is 0.0230. The van der Waals surface area contributed by atoms with Gasteiger partial charge in [-0.25, -0.2) is 14.4 Å². The normalized spacial score (nSPS) is 10.6. The Morgan fingerprint density at radius 1 is 1.24 bits per heavy atom. The van der Waals surface area contributed by atoms with Gasteiger partial charge < -0.3 is 0 Å². The molecule has 0 bridgehead atoms. The van der Waals surface area contributed by atoms with Crippen LogP contribution in [0.15, 0.2) is 22.7 Å². The van der Waals surface area contributed by atoms with E-state index in [1.54, 1.807) is 25.1 Å². The topological polar surface area (TPSA) is 25.8 Å². The number of hydrogen-bond donors (Lipinski definition) is 0. The van der Waals surface area contributed by atoms with Crippen LogP contribution in [0.1, 0.15) is 5.69 Å². The van der Waals surface area contributed by atoms with Crippen molar-refractivity contribution in [1.29, 1.82) is 0 Å². The van der Waals surface area contributed by atoms with Crippen LogP contribution < -0.4 is 0 Å². The van der Waals surface area contributed by atoms with Crippen LogP contribution in [0.4, 0.5) is 4.39 Å². The summed E-state index contributed by atoms with van der Waals surface area (Å²) in [6.45, 7) is 1.76. The van der Waals surface area contributed by atoms with E-state index in [1.165, 1.54) is 0 Å². The summed E-state index contributed by atoms with van der Waals surface area (Å²) in [5, 5.41) is 0.105. The SMILES string of the molecule is Cc1cc(-c2ccc(Br)c(Cl)c2F)nc(Cl)n1. The smallest absolute Gasteiger partial charge is 0.223 e. The molecule has 17 heavy (non-hydrogen) atoms. The maximum absolute atomic E-state index is 13.9. The largest absolute Gasteiger partial charge is 0.223 e. The molecule has 0 amide bonds. The fraction of sp³-hybridized carbons (Fsp3) is 0.0909. The maximum Gasteiger partial charge on any atom is 0.223 e. The van der Waals surface area contributed by atoms with Crippen LogP contribution in [0.2, 0.25) is 10.3 Å². The minimum atomic E-state index is -0.532. The van der Waals surface area contributed by atoms with Gasteiger partial charge in [0.1, 0.15) is 0 Å². The summed E-state index contributed by atoms with van der Waals surface area (Å²) in [4.78, 5) is 7.90. The van der Waals surface area contributed by atoms with Gasteiger partial charge in [-0.3, -0.25) is 0 Å². The second-order valence-corrected chi connectivity index (χ2v) is 4.96. The zero-order valence-corrected chi connectivity index (χ0v) is 11.7. The molecule has 1 aromatic heterocycles. The Balaban J connectivity index is 2.64. The molecule has 0 radical (unpaired) electrons. The maximum atomic E-state index is 13.9. The van der Waals surface area contributed by atoms with E-state index >= 15 is 0 Å². The van der Waals surface area contributed by atoms with Crippen molar-refractivity contribution in [2.24, 2.45) is 0 Å². The number of aromatic nitrogens is 2. The van der Waals surface area contributed by atoms with Crippen molar-refractivity contribution in [3.05, 3.63) is 44.5 Å². The molecular formula is C11H6BrCl2FN2. The number of aryl methyl sites for hydroxylation is 1. The summed E-state index contributed by atoms with van der Waals surface area (Å²) in [6.07, 6.45) is 0. The highest BCUT2D eigenvalue weighted by molar-refractivity contribution is 9.10. The van der Waals surface area contributed by atoms with E-state index in [1.807, 2.05) is 0 Å². The first-order chi connectivity index (χ1) is 7.99. The minimum Gasteiger partial charge on any atom is -0.223 e. The monoisotopic (exact) mass is 334 g/mol. The number of benzene rings is 1. The molecule has 1 heterocycles. The Morgan fingerprint density at radius 3 is 2.59 bits per heavy atom. The van der Waals surface area contributed by atoms with Crippen LogP contribution in [-0.2, 0) is 0 Å². The summed E-state index contributed by atoms with van der Waals surface area (Å²) in [7, 11) is 0. The zero-order valence-electron chi connectivity index (χ0n) is 8.64. The molecule has 2 nitrogen and oxygen atoms in total. The third kappa shape index (κ3) is 2.59. The molecular weight excluding hydrogens is 330 g/mol. The molecule has 0 atom stereocenters. The molecule has 0 saturated carbocycles. The van der Waals surface area contributed by atoms with Gasteiger partial charge in [0.25, 0.3) is 0 Å². The lowest BCUT2D eigenvalue weighted by molar-refractivity contribution is 0.630. The first-order valence-electron chi connectivity index (χ1n) is 4.64. The lowest BCUT2D eigenvalue weighted by atomic mass is 10.1. The molecule has 2 aromatic rings. The lowest BCUT2D eigenvalue weighted by Crippen LogP contribution is -1.94. The summed E-state index contributed by atoms with van der Waals surface area (Å²) < 4.78 is 14.4. The van der Waals surface area contributed by atoms with E-state index in [4.69, 9.17) is 23.2 Å². The van der Waals surface area contributed by atoms with E-state index in [0.29, 0.717) is 21.4 Å². The molecule has 0 saturated heterocycles. The van der Waals surface area contributed by atoms with Crippen LogP contribution in [0.25, 0.3) is 11.3 Å². The number of rotatable bonds is 1. The van der Waals surface area contributed by atoms with Gasteiger partial charge in [0.05, 0.1) is 10.7 Å². The molecule has 0 fully saturated rings. The van der Waals surface area contributed by atoms with Gasteiger partial charge in [0.15, 0.2) is 5.82 Å². The van der Waals surface area contributed by atoms with Gasteiger partial charge in [0, 0.05) is 15.7 Å². The number of hydrogen-bond acceptors (Lipinski definition) is 2. The Hall–Kier alpha value is -0.710. The molecule has 0 aliphatic heterocycles. The Bertz CT molecular complexity index is 570. The Morgan fingerprint density at radius 2 is 1.94 bits per heavy atom. The third-order valence-corrected chi connectivity index (χ3v) is 3.57. The van der Waals surface area contributed by atoms with Gasteiger partial charge in [-0.15, -0.1) is 0 Å². The van der Waals surface area contributed by atoms with E-state index in [0.717, 1.165) is 0 Å². The molecule has 6 heteroatoms. The molecule has 1 aromatic carbocycles.